The molecule has 2 atom stereocenters. The van der Waals surface area contributed by atoms with Crippen LogP contribution in [0.15, 0.2) is 22.8 Å². The third-order valence-electron chi connectivity index (χ3n) is 3.10. The quantitative estimate of drug-likeness (QED) is 0.837. The summed E-state index contributed by atoms with van der Waals surface area (Å²) < 4.78 is 4.98. The van der Waals surface area contributed by atoms with E-state index in [4.69, 9.17) is 9.52 Å². The van der Waals surface area contributed by atoms with Crippen molar-refractivity contribution in [1.82, 2.24) is 5.32 Å². The predicted molar refractivity (Wildman–Crippen MR) is 59.6 cm³/mol. The van der Waals surface area contributed by atoms with Crippen LogP contribution < -0.4 is 5.32 Å². The third-order valence-corrected chi connectivity index (χ3v) is 3.10. The molecule has 2 unspecified atom stereocenters. The smallest absolute Gasteiger partial charge is 0.306 e. The van der Waals surface area contributed by atoms with Gasteiger partial charge in [0.15, 0.2) is 5.76 Å². The van der Waals surface area contributed by atoms with Crippen LogP contribution in [-0.4, -0.2) is 23.0 Å². The van der Waals surface area contributed by atoms with Crippen molar-refractivity contribution in [2.24, 2.45) is 5.92 Å². The molecule has 17 heavy (non-hydrogen) atoms. The van der Waals surface area contributed by atoms with Gasteiger partial charge in [-0.25, -0.2) is 0 Å². The first-order valence-electron chi connectivity index (χ1n) is 5.74. The van der Waals surface area contributed by atoms with Gasteiger partial charge in [0.2, 0.25) is 0 Å². The van der Waals surface area contributed by atoms with E-state index in [9.17, 15) is 9.59 Å². The average molecular weight is 237 g/mol. The Balaban J connectivity index is 1.91. The van der Waals surface area contributed by atoms with E-state index >= 15 is 0 Å². The highest BCUT2D eigenvalue weighted by molar-refractivity contribution is 5.91. The number of amides is 1. The summed E-state index contributed by atoms with van der Waals surface area (Å²) in [6.45, 7) is 0. The SMILES string of the molecule is O=C(NC1CCCC(C(=O)O)C1)c1ccco1. The molecular formula is C12H15NO4. The second-order valence-corrected chi connectivity index (χ2v) is 4.35. The fourth-order valence-electron chi connectivity index (χ4n) is 2.21. The van der Waals surface area contributed by atoms with E-state index in [1.54, 1.807) is 12.1 Å². The maximum atomic E-state index is 11.7. The normalized spacial score (nSPS) is 24.2. The molecule has 0 radical (unpaired) electrons. The molecule has 1 aromatic heterocycles. The molecule has 1 saturated carbocycles. The summed E-state index contributed by atoms with van der Waals surface area (Å²) in [4.78, 5) is 22.6. The van der Waals surface area contributed by atoms with E-state index < -0.39 is 5.97 Å². The molecule has 1 aliphatic rings. The molecule has 2 rings (SSSR count). The number of carbonyl (C=O) groups excluding carboxylic acids is 1. The van der Waals surface area contributed by atoms with E-state index in [0.29, 0.717) is 12.8 Å². The van der Waals surface area contributed by atoms with Crippen molar-refractivity contribution < 1.29 is 19.1 Å². The van der Waals surface area contributed by atoms with Crippen LogP contribution in [0.25, 0.3) is 0 Å². The fourth-order valence-corrected chi connectivity index (χ4v) is 2.21. The van der Waals surface area contributed by atoms with Crippen LogP contribution >= 0.6 is 0 Å². The molecule has 0 saturated heterocycles. The number of carbonyl (C=O) groups is 2. The summed E-state index contributed by atoms with van der Waals surface area (Å²) in [5, 5.41) is 11.8. The Morgan fingerprint density at radius 2 is 2.24 bits per heavy atom. The van der Waals surface area contributed by atoms with Gasteiger partial charge in [-0.1, -0.05) is 6.42 Å². The van der Waals surface area contributed by atoms with Crippen LogP contribution in [0.3, 0.4) is 0 Å². The minimum absolute atomic E-state index is 0.0672. The van der Waals surface area contributed by atoms with Crippen LogP contribution in [0.5, 0.6) is 0 Å². The van der Waals surface area contributed by atoms with Crippen LogP contribution in [0.1, 0.15) is 36.2 Å². The van der Waals surface area contributed by atoms with Gasteiger partial charge in [-0.3, -0.25) is 9.59 Å². The van der Waals surface area contributed by atoms with Gasteiger partial charge in [-0.2, -0.15) is 0 Å². The summed E-state index contributed by atoms with van der Waals surface area (Å²) in [6.07, 6.45) is 4.30. The molecule has 5 heteroatoms. The molecule has 5 nitrogen and oxygen atoms in total. The molecule has 1 aromatic rings. The summed E-state index contributed by atoms with van der Waals surface area (Å²) >= 11 is 0. The molecule has 1 amide bonds. The van der Waals surface area contributed by atoms with Gasteiger partial charge in [0.1, 0.15) is 0 Å². The first-order chi connectivity index (χ1) is 8.16. The minimum atomic E-state index is -0.776. The van der Waals surface area contributed by atoms with Crippen LogP contribution in [0.2, 0.25) is 0 Å². The highest BCUT2D eigenvalue weighted by atomic mass is 16.4. The molecule has 0 bridgehead atoms. The number of rotatable bonds is 3. The number of carboxylic acids is 1. The Morgan fingerprint density at radius 1 is 1.41 bits per heavy atom. The largest absolute Gasteiger partial charge is 0.481 e. The van der Waals surface area contributed by atoms with E-state index in [0.717, 1.165) is 12.8 Å². The standard InChI is InChI=1S/C12H15NO4/c14-11(10-5-2-6-17-10)13-9-4-1-3-8(7-9)12(15)16/h2,5-6,8-9H,1,3-4,7H2,(H,13,14)(H,15,16). The highest BCUT2D eigenvalue weighted by Crippen LogP contribution is 2.24. The number of hydrogen-bond acceptors (Lipinski definition) is 3. The second-order valence-electron chi connectivity index (χ2n) is 4.35. The van der Waals surface area contributed by atoms with Crippen molar-refractivity contribution in [3.8, 4) is 0 Å². The lowest BCUT2D eigenvalue weighted by atomic mass is 9.86. The molecule has 0 aromatic carbocycles. The van der Waals surface area contributed by atoms with Gasteiger partial charge in [0.05, 0.1) is 12.2 Å². The molecule has 92 valence electrons. The topological polar surface area (TPSA) is 79.5 Å². The lowest BCUT2D eigenvalue weighted by Crippen LogP contribution is -2.39. The van der Waals surface area contributed by atoms with E-state index in [1.165, 1.54) is 6.26 Å². The predicted octanol–water partition coefficient (Wildman–Crippen LogP) is 1.65. The molecule has 2 N–H and O–H groups in total. The summed E-state index contributed by atoms with van der Waals surface area (Å²) in [5.41, 5.74) is 0. The lowest BCUT2D eigenvalue weighted by molar-refractivity contribution is -0.143. The maximum absolute atomic E-state index is 11.7. The van der Waals surface area contributed by atoms with Gasteiger partial charge in [-0.15, -0.1) is 0 Å². The van der Waals surface area contributed by atoms with Crippen molar-refractivity contribution in [2.45, 2.75) is 31.7 Å². The van der Waals surface area contributed by atoms with Crippen molar-refractivity contribution in [1.29, 1.82) is 0 Å². The molecule has 1 fully saturated rings. The Bertz CT molecular complexity index is 399. The zero-order valence-electron chi connectivity index (χ0n) is 9.39. The van der Waals surface area contributed by atoms with E-state index in [2.05, 4.69) is 5.32 Å². The van der Waals surface area contributed by atoms with Crippen LogP contribution in [-0.2, 0) is 4.79 Å². The number of hydrogen-bond donors (Lipinski definition) is 2. The van der Waals surface area contributed by atoms with Gasteiger partial charge < -0.3 is 14.8 Å². The van der Waals surface area contributed by atoms with Gasteiger partial charge in [-0.05, 0) is 31.4 Å². The Labute approximate surface area is 98.8 Å². The Morgan fingerprint density at radius 3 is 2.88 bits per heavy atom. The number of aliphatic carboxylic acids is 1. The Hall–Kier alpha value is -1.78. The first kappa shape index (κ1) is 11.7. The molecule has 1 heterocycles. The summed E-state index contributed by atoms with van der Waals surface area (Å²) in [6, 6.07) is 3.17. The first-order valence-corrected chi connectivity index (χ1v) is 5.74. The average Bonchev–Trinajstić information content (AvgIpc) is 2.82. The third kappa shape index (κ3) is 2.87. The molecular weight excluding hydrogens is 222 g/mol. The van der Waals surface area contributed by atoms with Crippen LogP contribution in [0.4, 0.5) is 0 Å². The van der Waals surface area contributed by atoms with Gasteiger partial charge in [0.25, 0.3) is 5.91 Å². The molecule has 0 spiro atoms. The number of furan rings is 1. The van der Waals surface area contributed by atoms with Crippen molar-refractivity contribution in [3.05, 3.63) is 24.2 Å². The zero-order valence-corrected chi connectivity index (χ0v) is 9.39. The number of carboxylic acid groups (broad SMARTS) is 1. The summed E-state index contributed by atoms with van der Waals surface area (Å²) in [5.74, 6) is -1.12. The minimum Gasteiger partial charge on any atom is -0.481 e. The van der Waals surface area contributed by atoms with E-state index in [-0.39, 0.29) is 23.6 Å². The lowest BCUT2D eigenvalue weighted by Gasteiger charge is -2.26. The molecule has 0 aliphatic heterocycles. The number of nitrogens with one attached hydrogen (secondary N) is 1. The maximum Gasteiger partial charge on any atom is 0.306 e. The van der Waals surface area contributed by atoms with Crippen molar-refractivity contribution >= 4 is 11.9 Å². The highest BCUT2D eigenvalue weighted by Gasteiger charge is 2.28. The summed E-state index contributed by atoms with van der Waals surface area (Å²) in [7, 11) is 0. The van der Waals surface area contributed by atoms with Gasteiger partial charge in [0, 0.05) is 6.04 Å². The molecule has 1 aliphatic carbocycles. The second kappa shape index (κ2) is 5.03. The fraction of sp³-hybridized carbons (Fsp3) is 0.500. The van der Waals surface area contributed by atoms with E-state index in [1.807, 2.05) is 0 Å². The van der Waals surface area contributed by atoms with Crippen molar-refractivity contribution in [2.75, 3.05) is 0 Å². The zero-order chi connectivity index (χ0) is 12.3. The van der Waals surface area contributed by atoms with Crippen LogP contribution in [0, 0.1) is 5.92 Å². The Kier molecular flexibility index (Phi) is 3.46. The monoisotopic (exact) mass is 237 g/mol. The van der Waals surface area contributed by atoms with Crippen molar-refractivity contribution in [3.63, 3.8) is 0 Å². The van der Waals surface area contributed by atoms with Gasteiger partial charge >= 0.3 is 5.97 Å².